The molecule has 0 unspecified atom stereocenters. The van der Waals surface area contributed by atoms with Crippen molar-refractivity contribution in [3.63, 3.8) is 0 Å². The number of hydrogen-bond acceptors (Lipinski definition) is 5. The van der Waals surface area contributed by atoms with E-state index in [1.807, 2.05) is 13.0 Å². The molecule has 1 aromatic rings. The first-order chi connectivity index (χ1) is 10.6. The highest BCUT2D eigenvalue weighted by Crippen LogP contribution is 2.27. The number of nitrogens with zero attached hydrogens (tertiary/aromatic N) is 3. The third kappa shape index (κ3) is 3.96. The fourth-order valence-electron chi connectivity index (χ4n) is 3.63. The Labute approximate surface area is 133 Å². The average Bonchev–Trinajstić information content (AvgIpc) is 2.55. The van der Waals surface area contributed by atoms with Crippen molar-refractivity contribution in [1.29, 1.82) is 0 Å². The molecule has 1 saturated carbocycles. The van der Waals surface area contributed by atoms with Crippen molar-refractivity contribution in [3.8, 4) is 0 Å². The Balaban J connectivity index is 1.53. The van der Waals surface area contributed by atoms with Crippen molar-refractivity contribution in [1.82, 2.24) is 15.5 Å². The molecule has 1 saturated heterocycles. The zero-order valence-corrected chi connectivity index (χ0v) is 13.6. The second-order valence-corrected chi connectivity index (χ2v) is 6.98. The van der Waals surface area contributed by atoms with Crippen LogP contribution in [0.25, 0.3) is 0 Å². The fraction of sp³-hybridized carbons (Fsp3) is 0.765. The summed E-state index contributed by atoms with van der Waals surface area (Å²) in [6, 6.07) is 4.51. The molecule has 1 aromatic heterocycles. The largest absolute Gasteiger partial charge is 0.389 e. The minimum Gasteiger partial charge on any atom is -0.389 e. The summed E-state index contributed by atoms with van der Waals surface area (Å²) in [4.78, 5) is 2.30. The predicted molar refractivity (Wildman–Crippen MR) is 88.0 cm³/mol. The van der Waals surface area contributed by atoms with Crippen LogP contribution >= 0.6 is 0 Å². The van der Waals surface area contributed by atoms with E-state index in [4.69, 9.17) is 0 Å². The Hall–Kier alpha value is -1.20. The maximum absolute atomic E-state index is 10.6. The number of nitrogens with one attached hydrogen (secondary N) is 1. The van der Waals surface area contributed by atoms with Crippen LogP contribution < -0.4 is 10.2 Å². The van der Waals surface area contributed by atoms with Crippen molar-refractivity contribution in [2.24, 2.45) is 0 Å². The van der Waals surface area contributed by atoms with Gasteiger partial charge in [0.05, 0.1) is 11.3 Å². The van der Waals surface area contributed by atoms with Gasteiger partial charge in [0.15, 0.2) is 5.82 Å². The van der Waals surface area contributed by atoms with Gasteiger partial charge in [-0.05, 0) is 44.7 Å². The maximum atomic E-state index is 10.6. The molecule has 0 aromatic carbocycles. The molecule has 3 rings (SSSR count). The Morgan fingerprint density at radius 2 is 2.05 bits per heavy atom. The van der Waals surface area contributed by atoms with E-state index in [0.29, 0.717) is 6.04 Å². The molecule has 2 N–H and O–H groups in total. The maximum Gasteiger partial charge on any atom is 0.151 e. The zero-order chi connectivity index (χ0) is 15.4. The van der Waals surface area contributed by atoms with E-state index >= 15 is 0 Å². The second kappa shape index (κ2) is 6.92. The molecule has 1 aliphatic carbocycles. The van der Waals surface area contributed by atoms with Crippen LogP contribution in [0.4, 0.5) is 5.82 Å². The van der Waals surface area contributed by atoms with Crippen molar-refractivity contribution in [2.75, 3.05) is 24.5 Å². The average molecular weight is 304 g/mol. The lowest BCUT2D eigenvalue weighted by Gasteiger charge is -2.37. The Morgan fingerprint density at radius 1 is 1.23 bits per heavy atom. The summed E-state index contributed by atoms with van der Waals surface area (Å²) < 4.78 is 0. The minimum atomic E-state index is -0.482. The highest BCUT2D eigenvalue weighted by molar-refractivity contribution is 5.38. The third-order valence-corrected chi connectivity index (χ3v) is 5.03. The number of aromatic nitrogens is 2. The van der Waals surface area contributed by atoms with Crippen LogP contribution in [0.2, 0.25) is 0 Å². The summed E-state index contributed by atoms with van der Waals surface area (Å²) in [6.07, 6.45) is 7.81. The Kier molecular flexibility index (Phi) is 4.93. The standard InChI is InChI=1S/C17H28N4O/c1-14-7-8-16(20-19-14)21-11-5-6-15(12-21)18-13-17(22)9-3-2-4-10-17/h7-8,15,18,22H,2-6,9-13H2,1H3/t15-/m0/s1. The molecule has 0 bridgehead atoms. The molecule has 122 valence electrons. The Bertz CT molecular complexity index is 470. The molecule has 22 heavy (non-hydrogen) atoms. The summed E-state index contributed by atoms with van der Waals surface area (Å²) in [5.41, 5.74) is 0.472. The molecule has 0 radical (unpaired) electrons. The van der Waals surface area contributed by atoms with E-state index in [1.54, 1.807) is 0 Å². The fourth-order valence-corrected chi connectivity index (χ4v) is 3.63. The van der Waals surface area contributed by atoms with Crippen LogP contribution in [-0.2, 0) is 0 Å². The summed E-state index contributed by atoms with van der Waals surface area (Å²) in [6.45, 7) is 4.68. The Morgan fingerprint density at radius 3 is 2.77 bits per heavy atom. The summed E-state index contributed by atoms with van der Waals surface area (Å²) in [5, 5.41) is 22.7. The number of hydrogen-bond donors (Lipinski definition) is 2. The third-order valence-electron chi connectivity index (χ3n) is 5.03. The van der Waals surface area contributed by atoms with Gasteiger partial charge in [0.25, 0.3) is 0 Å². The van der Waals surface area contributed by atoms with E-state index in [0.717, 1.165) is 63.3 Å². The van der Waals surface area contributed by atoms with E-state index in [2.05, 4.69) is 26.5 Å². The summed E-state index contributed by atoms with van der Waals surface area (Å²) in [7, 11) is 0. The van der Waals surface area contributed by atoms with Gasteiger partial charge in [-0.2, -0.15) is 5.10 Å². The monoisotopic (exact) mass is 304 g/mol. The van der Waals surface area contributed by atoms with Gasteiger partial charge in [0, 0.05) is 25.7 Å². The van der Waals surface area contributed by atoms with Gasteiger partial charge in [-0.3, -0.25) is 0 Å². The highest BCUT2D eigenvalue weighted by atomic mass is 16.3. The van der Waals surface area contributed by atoms with Gasteiger partial charge in [-0.1, -0.05) is 19.3 Å². The number of rotatable bonds is 4. The number of aryl methyl sites for hydroxylation is 1. The van der Waals surface area contributed by atoms with Gasteiger partial charge < -0.3 is 15.3 Å². The molecule has 1 aliphatic heterocycles. The quantitative estimate of drug-likeness (QED) is 0.891. The molecular weight excluding hydrogens is 276 g/mol. The predicted octanol–water partition coefficient (Wildman–Crippen LogP) is 2.04. The van der Waals surface area contributed by atoms with Crippen LogP contribution in [0.5, 0.6) is 0 Å². The molecule has 2 fully saturated rings. The SMILES string of the molecule is Cc1ccc(N2CCC[C@H](NCC3(O)CCCCC3)C2)nn1. The minimum absolute atomic E-state index is 0.433. The van der Waals surface area contributed by atoms with Gasteiger partial charge in [-0.15, -0.1) is 5.10 Å². The first-order valence-electron chi connectivity index (χ1n) is 8.66. The van der Waals surface area contributed by atoms with Gasteiger partial charge in [-0.25, -0.2) is 0 Å². The molecule has 0 spiro atoms. The topological polar surface area (TPSA) is 61.3 Å². The van der Waals surface area contributed by atoms with Gasteiger partial charge in [0.1, 0.15) is 0 Å². The lowest BCUT2D eigenvalue weighted by atomic mass is 9.84. The van der Waals surface area contributed by atoms with E-state index in [9.17, 15) is 5.11 Å². The molecule has 1 atom stereocenters. The van der Waals surface area contributed by atoms with Crippen molar-refractivity contribution < 1.29 is 5.11 Å². The number of piperidine rings is 1. The van der Waals surface area contributed by atoms with Crippen LogP contribution in [0.1, 0.15) is 50.6 Å². The summed E-state index contributed by atoms with van der Waals surface area (Å²) in [5.74, 6) is 0.966. The van der Waals surface area contributed by atoms with Crippen molar-refractivity contribution >= 4 is 5.82 Å². The van der Waals surface area contributed by atoms with E-state index < -0.39 is 5.60 Å². The van der Waals surface area contributed by atoms with Crippen LogP contribution in [0.3, 0.4) is 0 Å². The van der Waals surface area contributed by atoms with Gasteiger partial charge in [0.2, 0.25) is 0 Å². The highest BCUT2D eigenvalue weighted by Gasteiger charge is 2.30. The van der Waals surface area contributed by atoms with Crippen molar-refractivity contribution in [3.05, 3.63) is 17.8 Å². The summed E-state index contributed by atoms with van der Waals surface area (Å²) >= 11 is 0. The molecule has 2 heterocycles. The molecule has 5 heteroatoms. The molecule has 2 aliphatic rings. The first kappa shape index (κ1) is 15.7. The smallest absolute Gasteiger partial charge is 0.151 e. The van der Waals surface area contributed by atoms with E-state index in [-0.39, 0.29) is 0 Å². The van der Waals surface area contributed by atoms with Crippen molar-refractivity contribution in [2.45, 2.75) is 63.5 Å². The van der Waals surface area contributed by atoms with Crippen LogP contribution in [0.15, 0.2) is 12.1 Å². The van der Waals surface area contributed by atoms with Crippen LogP contribution in [-0.4, -0.2) is 46.6 Å². The zero-order valence-electron chi connectivity index (χ0n) is 13.6. The lowest BCUT2D eigenvalue weighted by Crippen LogP contribution is -2.51. The molecule has 5 nitrogen and oxygen atoms in total. The molecular formula is C17H28N4O. The first-order valence-corrected chi connectivity index (χ1v) is 8.66. The lowest BCUT2D eigenvalue weighted by molar-refractivity contribution is 0.00231. The molecule has 0 amide bonds. The number of aliphatic hydroxyl groups is 1. The number of anilines is 1. The van der Waals surface area contributed by atoms with E-state index in [1.165, 1.54) is 12.8 Å². The van der Waals surface area contributed by atoms with Gasteiger partial charge >= 0.3 is 0 Å². The van der Waals surface area contributed by atoms with Crippen LogP contribution in [0, 0.1) is 6.92 Å². The second-order valence-electron chi connectivity index (χ2n) is 6.98. The normalized spacial score (nSPS) is 25.2.